The number of aromatic nitrogens is 1. The number of rotatable bonds is 4. The first kappa shape index (κ1) is 14.0. The van der Waals surface area contributed by atoms with Crippen molar-refractivity contribution in [2.24, 2.45) is 0 Å². The van der Waals surface area contributed by atoms with Crippen LogP contribution in [0.5, 0.6) is 0 Å². The van der Waals surface area contributed by atoms with Crippen molar-refractivity contribution in [3.05, 3.63) is 18.5 Å². The number of sulfonamides is 1. The van der Waals surface area contributed by atoms with Crippen molar-refractivity contribution < 1.29 is 8.42 Å². The summed E-state index contributed by atoms with van der Waals surface area (Å²) in [4.78, 5) is 3.85. The second-order valence-corrected chi connectivity index (χ2v) is 8.13. The number of hydrogen-bond acceptors (Lipinski definition) is 6. The molecule has 2 heterocycles. The Morgan fingerprint density at radius 1 is 1.50 bits per heavy atom. The Morgan fingerprint density at radius 2 is 2.33 bits per heavy atom. The van der Waals surface area contributed by atoms with Crippen molar-refractivity contribution in [1.82, 2.24) is 9.71 Å². The van der Waals surface area contributed by atoms with Gasteiger partial charge in [-0.1, -0.05) is 0 Å². The predicted molar refractivity (Wildman–Crippen MR) is 77.4 cm³/mol. The van der Waals surface area contributed by atoms with E-state index in [0.717, 1.165) is 17.3 Å². The number of thioether (sulfide) groups is 2. The third-order valence-corrected chi connectivity index (χ3v) is 6.80. The van der Waals surface area contributed by atoms with Crippen LogP contribution in [0, 0.1) is 0 Å². The molecule has 0 bridgehead atoms. The Bertz CT molecular complexity index is 501. The number of nitrogens with one attached hydrogen (secondary N) is 1. The molecule has 5 nitrogen and oxygen atoms in total. The van der Waals surface area contributed by atoms with Gasteiger partial charge in [0.05, 0.1) is 5.69 Å². The number of nitrogens with two attached hydrogens (primary N) is 1. The van der Waals surface area contributed by atoms with Gasteiger partial charge in [-0.2, -0.15) is 23.5 Å². The molecule has 0 amide bonds. The highest BCUT2D eigenvalue weighted by atomic mass is 32.2. The topological polar surface area (TPSA) is 85.1 Å². The minimum absolute atomic E-state index is 0.0541. The van der Waals surface area contributed by atoms with Crippen LogP contribution in [-0.4, -0.2) is 42.5 Å². The van der Waals surface area contributed by atoms with Crippen LogP contribution in [0.2, 0.25) is 0 Å². The molecule has 0 radical (unpaired) electrons. The van der Waals surface area contributed by atoms with Gasteiger partial charge in [-0.15, -0.1) is 0 Å². The van der Waals surface area contributed by atoms with Crippen molar-refractivity contribution in [3.8, 4) is 0 Å². The van der Waals surface area contributed by atoms with Crippen molar-refractivity contribution in [2.75, 3.05) is 29.5 Å². The van der Waals surface area contributed by atoms with E-state index in [-0.39, 0.29) is 10.6 Å². The molecule has 2 rings (SSSR count). The lowest BCUT2D eigenvalue weighted by molar-refractivity contribution is 0.581. The predicted octanol–water partition coefficient (Wildman–Crippen LogP) is 0.791. The highest BCUT2D eigenvalue weighted by Gasteiger charge is 2.21. The SMILES string of the molecule is Nc1ccncc1S(=O)(=O)NCC1CSCCS1. The van der Waals surface area contributed by atoms with E-state index < -0.39 is 10.0 Å². The summed E-state index contributed by atoms with van der Waals surface area (Å²) in [6.45, 7) is 0.439. The standard InChI is InChI=1S/C10H15N3O2S3/c11-9-1-2-12-6-10(9)18(14,15)13-5-8-7-16-3-4-17-8/h1-2,6,8,13H,3-5,7H2,(H2,11,12). The van der Waals surface area contributed by atoms with E-state index in [9.17, 15) is 8.42 Å². The van der Waals surface area contributed by atoms with Crippen molar-refractivity contribution in [1.29, 1.82) is 0 Å². The molecular formula is C10H15N3O2S3. The fraction of sp³-hybridized carbons (Fsp3) is 0.500. The van der Waals surface area contributed by atoms with Crippen LogP contribution >= 0.6 is 23.5 Å². The van der Waals surface area contributed by atoms with Crippen molar-refractivity contribution in [3.63, 3.8) is 0 Å². The lowest BCUT2D eigenvalue weighted by Gasteiger charge is -2.21. The first-order valence-corrected chi connectivity index (χ1v) is 9.17. The van der Waals surface area contributed by atoms with E-state index in [0.29, 0.717) is 11.8 Å². The van der Waals surface area contributed by atoms with Gasteiger partial charge >= 0.3 is 0 Å². The zero-order valence-corrected chi connectivity index (χ0v) is 12.2. The summed E-state index contributed by atoms with van der Waals surface area (Å²) in [6, 6.07) is 1.49. The van der Waals surface area contributed by atoms with Gasteiger partial charge in [0.25, 0.3) is 0 Å². The van der Waals surface area contributed by atoms with E-state index in [1.807, 2.05) is 23.5 Å². The fourth-order valence-corrected chi connectivity index (χ4v) is 5.42. The first-order valence-electron chi connectivity index (χ1n) is 5.48. The average Bonchev–Trinajstić information content (AvgIpc) is 2.38. The van der Waals surface area contributed by atoms with Gasteiger partial charge in [-0.25, -0.2) is 13.1 Å². The molecule has 1 unspecified atom stereocenters. The second-order valence-electron chi connectivity index (χ2n) is 3.83. The normalized spacial score (nSPS) is 20.8. The average molecular weight is 305 g/mol. The van der Waals surface area contributed by atoms with Crippen LogP contribution in [0.4, 0.5) is 5.69 Å². The van der Waals surface area contributed by atoms with Gasteiger partial charge in [-0.3, -0.25) is 4.98 Å². The minimum Gasteiger partial charge on any atom is -0.398 e. The van der Waals surface area contributed by atoms with Crippen LogP contribution in [-0.2, 0) is 10.0 Å². The van der Waals surface area contributed by atoms with E-state index in [1.165, 1.54) is 18.5 Å². The third-order valence-electron chi connectivity index (χ3n) is 2.49. The summed E-state index contributed by atoms with van der Waals surface area (Å²) in [6.07, 6.45) is 2.75. The molecule has 1 aliphatic heterocycles. The third kappa shape index (κ3) is 3.53. The molecule has 1 saturated heterocycles. The zero-order chi connectivity index (χ0) is 13.0. The van der Waals surface area contributed by atoms with Gasteiger partial charge in [0.1, 0.15) is 4.90 Å². The maximum absolute atomic E-state index is 12.0. The van der Waals surface area contributed by atoms with Gasteiger partial charge in [0, 0.05) is 41.4 Å². The maximum atomic E-state index is 12.0. The molecule has 1 aliphatic rings. The van der Waals surface area contributed by atoms with Crippen molar-refractivity contribution in [2.45, 2.75) is 10.1 Å². The summed E-state index contributed by atoms with van der Waals surface area (Å²) >= 11 is 3.67. The molecule has 1 aromatic heterocycles. The van der Waals surface area contributed by atoms with E-state index in [4.69, 9.17) is 5.73 Å². The Kier molecular flexibility index (Phi) is 4.77. The summed E-state index contributed by atoms with van der Waals surface area (Å²) in [5.74, 6) is 3.20. The van der Waals surface area contributed by atoms with E-state index >= 15 is 0 Å². The molecule has 0 aliphatic carbocycles. The fourth-order valence-electron chi connectivity index (χ4n) is 1.55. The van der Waals surface area contributed by atoms with Gasteiger partial charge in [-0.05, 0) is 6.07 Å². The number of pyridine rings is 1. The quantitative estimate of drug-likeness (QED) is 0.855. The monoisotopic (exact) mass is 305 g/mol. The molecule has 0 saturated carbocycles. The molecule has 8 heteroatoms. The molecular weight excluding hydrogens is 290 g/mol. The molecule has 0 aromatic carbocycles. The molecule has 1 fully saturated rings. The Hall–Kier alpha value is -0.440. The van der Waals surface area contributed by atoms with E-state index in [1.54, 1.807) is 0 Å². The second kappa shape index (κ2) is 6.14. The molecule has 1 atom stereocenters. The molecule has 100 valence electrons. The van der Waals surface area contributed by atoms with Gasteiger partial charge in [0.15, 0.2) is 0 Å². The van der Waals surface area contributed by atoms with Crippen LogP contribution in [0.25, 0.3) is 0 Å². The molecule has 3 N–H and O–H groups in total. The number of hydrogen-bond donors (Lipinski definition) is 2. The number of nitrogen functional groups attached to an aromatic ring is 1. The summed E-state index contributed by atoms with van der Waals surface area (Å²) in [5, 5.41) is 0.330. The largest absolute Gasteiger partial charge is 0.398 e. The van der Waals surface area contributed by atoms with Crippen molar-refractivity contribution >= 4 is 39.2 Å². The smallest absolute Gasteiger partial charge is 0.244 e. The Labute approximate surface area is 115 Å². The maximum Gasteiger partial charge on any atom is 0.244 e. The molecule has 1 aromatic rings. The lowest BCUT2D eigenvalue weighted by atomic mass is 10.4. The van der Waals surface area contributed by atoms with Gasteiger partial charge < -0.3 is 5.73 Å². The Morgan fingerprint density at radius 3 is 3.00 bits per heavy atom. The summed E-state index contributed by atoms with van der Waals surface area (Å²) < 4.78 is 26.7. The molecule has 0 spiro atoms. The highest BCUT2D eigenvalue weighted by molar-refractivity contribution is 8.06. The minimum atomic E-state index is -3.55. The highest BCUT2D eigenvalue weighted by Crippen LogP contribution is 2.24. The lowest BCUT2D eigenvalue weighted by Crippen LogP contribution is -2.33. The van der Waals surface area contributed by atoms with Crippen LogP contribution in [0.1, 0.15) is 0 Å². The van der Waals surface area contributed by atoms with Gasteiger partial charge in [0.2, 0.25) is 10.0 Å². The Balaban J connectivity index is 2.01. The molecule has 18 heavy (non-hydrogen) atoms. The number of anilines is 1. The van der Waals surface area contributed by atoms with E-state index in [2.05, 4.69) is 9.71 Å². The number of nitrogens with zero attached hydrogens (tertiary/aromatic N) is 1. The van der Waals surface area contributed by atoms with Crippen LogP contribution in [0.3, 0.4) is 0 Å². The summed E-state index contributed by atoms with van der Waals surface area (Å²) in [7, 11) is -3.55. The van der Waals surface area contributed by atoms with Crippen LogP contribution in [0.15, 0.2) is 23.4 Å². The van der Waals surface area contributed by atoms with Crippen LogP contribution < -0.4 is 10.5 Å². The zero-order valence-electron chi connectivity index (χ0n) is 9.70. The first-order chi connectivity index (χ1) is 8.59. The summed E-state index contributed by atoms with van der Waals surface area (Å²) in [5.41, 5.74) is 5.87.